The molecule has 0 aliphatic carbocycles. The van der Waals surface area contributed by atoms with Crippen molar-refractivity contribution < 1.29 is 4.52 Å². The van der Waals surface area contributed by atoms with E-state index < -0.39 is 0 Å². The number of nitrogen functional groups attached to an aromatic ring is 1. The van der Waals surface area contributed by atoms with Gasteiger partial charge in [-0.3, -0.25) is 0 Å². The summed E-state index contributed by atoms with van der Waals surface area (Å²) in [6.07, 6.45) is 1.44. The van der Waals surface area contributed by atoms with E-state index in [0.29, 0.717) is 28.9 Å². The summed E-state index contributed by atoms with van der Waals surface area (Å²) in [5.41, 5.74) is 9.82. The van der Waals surface area contributed by atoms with E-state index in [1.165, 1.54) is 6.33 Å². The van der Waals surface area contributed by atoms with Gasteiger partial charge >= 0.3 is 0 Å². The molecular formula is C16H18N6O. The second kappa shape index (κ2) is 5.96. The average Bonchev–Trinajstić information content (AvgIpc) is 2.87. The van der Waals surface area contributed by atoms with E-state index >= 15 is 0 Å². The molecule has 2 aromatic heterocycles. The molecule has 4 N–H and O–H groups in total. The van der Waals surface area contributed by atoms with Gasteiger partial charge in [-0.2, -0.15) is 0 Å². The zero-order valence-electron chi connectivity index (χ0n) is 13.2. The first-order valence-electron chi connectivity index (χ1n) is 7.17. The molecule has 0 aliphatic rings. The van der Waals surface area contributed by atoms with Crippen LogP contribution in [-0.4, -0.2) is 15.1 Å². The minimum Gasteiger partial charge on any atom is -0.393 e. The Morgan fingerprint density at radius 1 is 0.913 bits per heavy atom. The molecule has 0 spiro atoms. The van der Waals surface area contributed by atoms with Gasteiger partial charge in [0, 0.05) is 11.8 Å². The van der Waals surface area contributed by atoms with E-state index in [4.69, 9.17) is 10.3 Å². The van der Waals surface area contributed by atoms with Crippen LogP contribution in [0.5, 0.6) is 0 Å². The molecule has 0 fully saturated rings. The fourth-order valence-corrected chi connectivity index (χ4v) is 2.32. The molecule has 0 radical (unpaired) electrons. The summed E-state index contributed by atoms with van der Waals surface area (Å²) in [6, 6.07) is 7.93. The molecular weight excluding hydrogens is 292 g/mol. The number of aromatic nitrogens is 3. The largest absolute Gasteiger partial charge is 0.393 e. The van der Waals surface area contributed by atoms with E-state index in [1.54, 1.807) is 6.07 Å². The summed E-state index contributed by atoms with van der Waals surface area (Å²) < 4.78 is 5.02. The Labute approximate surface area is 133 Å². The first-order valence-corrected chi connectivity index (χ1v) is 7.17. The van der Waals surface area contributed by atoms with Crippen LogP contribution in [0.25, 0.3) is 0 Å². The third-order valence-electron chi connectivity index (χ3n) is 3.24. The van der Waals surface area contributed by atoms with Gasteiger partial charge in [0.05, 0.1) is 0 Å². The normalized spacial score (nSPS) is 10.6. The number of hydrogen-bond donors (Lipinski definition) is 3. The smallest absolute Gasteiger partial charge is 0.175 e. The third-order valence-corrected chi connectivity index (χ3v) is 3.24. The maximum Gasteiger partial charge on any atom is 0.175 e. The van der Waals surface area contributed by atoms with Crippen molar-refractivity contribution in [2.45, 2.75) is 20.8 Å². The van der Waals surface area contributed by atoms with Crippen LogP contribution in [0.3, 0.4) is 0 Å². The summed E-state index contributed by atoms with van der Waals surface area (Å²) in [5.74, 6) is 2.26. The van der Waals surface area contributed by atoms with Crippen LogP contribution in [0.4, 0.5) is 28.8 Å². The molecule has 7 heteroatoms. The van der Waals surface area contributed by atoms with Crippen LogP contribution in [0.1, 0.15) is 16.9 Å². The minimum atomic E-state index is 0.410. The zero-order chi connectivity index (χ0) is 16.4. The van der Waals surface area contributed by atoms with Crippen molar-refractivity contribution in [2.24, 2.45) is 0 Å². The molecule has 0 unspecified atom stereocenters. The molecule has 3 rings (SSSR count). The van der Waals surface area contributed by atoms with Crippen molar-refractivity contribution >= 4 is 28.8 Å². The Morgan fingerprint density at radius 2 is 1.57 bits per heavy atom. The number of benzene rings is 1. The highest BCUT2D eigenvalue weighted by Crippen LogP contribution is 2.28. The number of nitrogens with two attached hydrogens (primary N) is 1. The average molecular weight is 310 g/mol. The van der Waals surface area contributed by atoms with Crippen LogP contribution < -0.4 is 16.4 Å². The SMILES string of the molecule is Cc1cc(C)cc(Nc2ncnc(Nc3cc(C)on3)c2N)c1. The molecule has 7 nitrogen and oxygen atoms in total. The maximum absolute atomic E-state index is 6.15. The van der Waals surface area contributed by atoms with Gasteiger partial charge in [0.25, 0.3) is 0 Å². The van der Waals surface area contributed by atoms with E-state index in [9.17, 15) is 0 Å². The summed E-state index contributed by atoms with van der Waals surface area (Å²) in [5, 5.41) is 10.1. The van der Waals surface area contributed by atoms with Gasteiger partial charge in [0.15, 0.2) is 17.5 Å². The van der Waals surface area contributed by atoms with Crippen molar-refractivity contribution in [2.75, 3.05) is 16.4 Å². The van der Waals surface area contributed by atoms with Crippen molar-refractivity contribution in [1.29, 1.82) is 0 Å². The van der Waals surface area contributed by atoms with E-state index in [0.717, 1.165) is 16.8 Å². The molecule has 0 aliphatic heterocycles. The van der Waals surface area contributed by atoms with Gasteiger partial charge < -0.3 is 20.9 Å². The predicted octanol–water partition coefficient (Wildman–Crippen LogP) is 3.46. The molecule has 0 bridgehead atoms. The van der Waals surface area contributed by atoms with Crippen molar-refractivity contribution in [3.63, 3.8) is 0 Å². The number of anilines is 5. The molecule has 0 amide bonds. The number of aryl methyl sites for hydroxylation is 3. The van der Waals surface area contributed by atoms with Gasteiger partial charge in [0.2, 0.25) is 0 Å². The van der Waals surface area contributed by atoms with Gasteiger partial charge in [-0.05, 0) is 44.0 Å². The second-order valence-corrected chi connectivity index (χ2v) is 5.43. The molecule has 118 valence electrons. The highest BCUT2D eigenvalue weighted by molar-refractivity contribution is 5.79. The molecule has 2 heterocycles. The maximum atomic E-state index is 6.15. The monoisotopic (exact) mass is 310 g/mol. The van der Waals surface area contributed by atoms with E-state index in [1.807, 2.05) is 32.9 Å². The number of rotatable bonds is 4. The van der Waals surface area contributed by atoms with Crippen LogP contribution in [-0.2, 0) is 0 Å². The molecule has 23 heavy (non-hydrogen) atoms. The number of nitrogens with one attached hydrogen (secondary N) is 2. The Morgan fingerprint density at radius 3 is 2.17 bits per heavy atom. The predicted molar refractivity (Wildman–Crippen MR) is 90.2 cm³/mol. The fraction of sp³-hybridized carbons (Fsp3) is 0.188. The van der Waals surface area contributed by atoms with Crippen molar-refractivity contribution in [1.82, 2.24) is 15.1 Å². The lowest BCUT2D eigenvalue weighted by atomic mass is 10.1. The lowest BCUT2D eigenvalue weighted by Gasteiger charge is -2.12. The third kappa shape index (κ3) is 3.39. The van der Waals surface area contributed by atoms with E-state index in [2.05, 4.69) is 31.8 Å². The fourth-order valence-electron chi connectivity index (χ4n) is 2.32. The summed E-state index contributed by atoms with van der Waals surface area (Å²) in [6.45, 7) is 5.90. The summed E-state index contributed by atoms with van der Waals surface area (Å²) >= 11 is 0. The highest BCUT2D eigenvalue weighted by atomic mass is 16.5. The number of nitrogens with zero attached hydrogens (tertiary/aromatic N) is 3. The zero-order valence-corrected chi connectivity index (χ0v) is 13.2. The van der Waals surface area contributed by atoms with Gasteiger partial charge in [-0.25, -0.2) is 9.97 Å². The summed E-state index contributed by atoms with van der Waals surface area (Å²) in [7, 11) is 0. The quantitative estimate of drug-likeness (QED) is 0.678. The molecule has 0 saturated carbocycles. The van der Waals surface area contributed by atoms with Crippen LogP contribution in [0.15, 0.2) is 35.1 Å². The first kappa shape index (κ1) is 14.8. The standard InChI is InChI=1S/C16H18N6O/c1-9-4-10(2)6-12(5-9)20-15-14(17)16(19-8-18-15)21-13-7-11(3)23-22-13/h4-8H,17H2,1-3H3,(H2,18,19,20,21,22). The Balaban J connectivity index is 1.87. The van der Waals surface area contributed by atoms with Gasteiger partial charge in [-0.1, -0.05) is 11.2 Å². The Bertz CT molecular complexity index is 822. The number of hydrogen-bond acceptors (Lipinski definition) is 7. The van der Waals surface area contributed by atoms with E-state index in [-0.39, 0.29) is 0 Å². The lowest BCUT2D eigenvalue weighted by Crippen LogP contribution is -2.05. The van der Waals surface area contributed by atoms with Gasteiger partial charge in [0.1, 0.15) is 17.8 Å². The Kier molecular flexibility index (Phi) is 3.84. The molecule has 0 saturated heterocycles. The molecule has 0 atom stereocenters. The summed E-state index contributed by atoms with van der Waals surface area (Å²) in [4.78, 5) is 8.36. The topological polar surface area (TPSA) is 102 Å². The minimum absolute atomic E-state index is 0.410. The highest BCUT2D eigenvalue weighted by Gasteiger charge is 2.10. The van der Waals surface area contributed by atoms with Crippen LogP contribution >= 0.6 is 0 Å². The molecule has 3 aromatic rings. The van der Waals surface area contributed by atoms with Crippen molar-refractivity contribution in [3.8, 4) is 0 Å². The Hall–Kier alpha value is -3.09. The van der Waals surface area contributed by atoms with Crippen molar-refractivity contribution in [3.05, 3.63) is 47.5 Å². The second-order valence-electron chi connectivity index (χ2n) is 5.43. The lowest BCUT2D eigenvalue weighted by molar-refractivity contribution is 0.400. The van der Waals surface area contributed by atoms with Gasteiger partial charge in [-0.15, -0.1) is 0 Å². The molecule has 1 aromatic carbocycles. The van der Waals surface area contributed by atoms with Crippen LogP contribution in [0.2, 0.25) is 0 Å². The first-order chi connectivity index (χ1) is 11.0. The van der Waals surface area contributed by atoms with Crippen LogP contribution in [0, 0.1) is 20.8 Å².